The van der Waals surface area contributed by atoms with Crippen molar-refractivity contribution < 1.29 is 4.74 Å². The Bertz CT molecular complexity index is 219. The van der Waals surface area contributed by atoms with E-state index in [1.807, 2.05) is 0 Å². The van der Waals surface area contributed by atoms with E-state index in [0.29, 0.717) is 12.1 Å². The molecule has 0 aromatic carbocycles. The van der Waals surface area contributed by atoms with Crippen LogP contribution in [0.5, 0.6) is 0 Å². The van der Waals surface area contributed by atoms with Crippen molar-refractivity contribution in [2.24, 2.45) is 5.92 Å². The summed E-state index contributed by atoms with van der Waals surface area (Å²) in [6.07, 6.45) is 7.97. The minimum absolute atomic E-state index is 0.103. The molecule has 0 bridgehead atoms. The Morgan fingerprint density at radius 3 is 2.22 bits per heavy atom. The first-order chi connectivity index (χ1) is 8.51. The summed E-state index contributed by atoms with van der Waals surface area (Å²) in [4.78, 5) is 0. The first kappa shape index (κ1) is 16.0. The predicted molar refractivity (Wildman–Crippen MR) is 79.0 cm³/mol. The van der Waals surface area contributed by atoms with E-state index in [4.69, 9.17) is 4.74 Å². The van der Waals surface area contributed by atoms with Crippen LogP contribution in [0.25, 0.3) is 0 Å². The number of hydrogen-bond donors (Lipinski definition) is 1. The van der Waals surface area contributed by atoms with E-state index in [0.717, 1.165) is 18.9 Å². The maximum atomic E-state index is 6.41. The fourth-order valence-electron chi connectivity index (χ4n) is 2.85. The highest BCUT2D eigenvalue weighted by molar-refractivity contribution is 4.90. The van der Waals surface area contributed by atoms with E-state index in [-0.39, 0.29) is 5.60 Å². The Balaban J connectivity index is 2.57. The lowest BCUT2D eigenvalue weighted by atomic mass is 9.77. The zero-order valence-electron chi connectivity index (χ0n) is 13.1. The van der Waals surface area contributed by atoms with Crippen molar-refractivity contribution >= 4 is 0 Å². The fourth-order valence-corrected chi connectivity index (χ4v) is 2.85. The third-order valence-electron chi connectivity index (χ3n) is 4.45. The van der Waals surface area contributed by atoms with E-state index in [1.54, 1.807) is 0 Å². The molecule has 2 nitrogen and oxygen atoms in total. The van der Waals surface area contributed by atoms with Gasteiger partial charge in [0.2, 0.25) is 0 Å². The second-order valence-corrected chi connectivity index (χ2v) is 6.41. The van der Waals surface area contributed by atoms with Crippen LogP contribution in [0.15, 0.2) is 0 Å². The van der Waals surface area contributed by atoms with Gasteiger partial charge in [-0.25, -0.2) is 0 Å². The maximum absolute atomic E-state index is 6.41. The first-order valence-corrected chi connectivity index (χ1v) is 7.92. The van der Waals surface area contributed by atoms with Crippen molar-refractivity contribution in [3.05, 3.63) is 0 Å². The smallest absolute Gasteiger partial charge is 0.0810 e. The van der Waals surface area contributed by atoms with Gasteiger partial charge in [0.25, 0.3) is 0 Å². The molecule has 1 atom stereocenters. The molecule has 1 fully saturated rings. The molecule has 1 aliphatic carbocycles. The standard InChI is InChI=1S/C16H33NO/c1-6-14(5)18-16(12-17-13(3)4)10-8-15(7-2)9-11-16/h13-15,17H,6-12H2,1-5H3. The molecule has 18 heavy (non-hydrogen) atoms. The summed E-state index contributed by atoms with van der Waals surface area (Å²) in [5, 5.41) is 3.59. The molecule has 1 unspecified atom stereocenters. The molecule has 0 aromatic rings. The number of hydrogen-bond acceptors (Lipinski definition) is 2. The Morgan fingerprint density at radius 2 is 1.78 bits per heavy atom. The Labute approximate surface area is 114 Å². The summed E-state index contributed by atoms with van der Waals surface area (Å²) >= 11 is 0. The van der Waals surface area contributed by atoms with E-state index >= 15 is 0 Å². The molecule has 108 valence electrons. The Hall–Kier alpha value is -0.0800. The number of rotatable bonds is 7. The summed E-state index contributed by atoms with van der Waals surface area (Å²) in [7, 11) is 0. The lowest BCUT2D eigenvalue weighted by molar-refractivity contribution is -0.113. The van der Waals surface area contributed by atoms with Crippen molar-refractivity contribution in [3.8, 4) is 0 Å². The van der Waals surface area contributed by atoms with E-state index in [1.165, 1.54) is 32.1 Å². The highest BCUT2D eigenvalue weighted by Gasteiger charge is 2.36. The van der Waals surface area contributed by atoms with E-state index < -0.39 is 0 Å². The van der Waals surface area contributed by atoms with Crippen LogP contribution in [0.1, 0.15) is 73.1 Å². The van der Waals surface area contributed by atoms with Crippen LogP contribution < -0.4 is 5.32 Å². The summed E-state index contributed by atoms with van der Waals surface area (Å²) in [6, 6.07) is 0.548. The van der Waals surface area contributed by atoms with E-state index in [2.05, 4.69) is 39.9 Å². The SMILES string of the molecule is CCC1CCC(CNC(C)C)(OC(C)CC)CC1. The van der Waals surface area contributed by atoms with Crippen molar-refractivity contribution in [2.45, 2.75) is 90.9 Å². The highest BCUT2D eigenvalue weighted by Crippen LogP contribution is 2.37. The first-order valence-electron chi connectivity index (χ1n) is 7.92. The monoisotopic (exact) mass is 255 g/mol. The average molecular weight is 255 g/mol. The molecule has 0 radical (unpaired) electrons. The molecule has 0 heterocycles. The van der Waals surface area contributed by atoms with Gasteiger partial charge in [-0.2, -0.15) is 0 Å². The Kier molecular flexibility index (Phi) is 6.65. The molecule has 0 spiro atoms. The molecule has 1 N–H and O–H groups in total. The van der Waals surface area contributed by atoms with Crippen LogP contribution >= 0.6 is 0 Å². The van der Waals surface area contributed by atoms with Crippen LogP contribution in [0.2, 0.25) is 0 Å². The van der Waals surface area contributed by atoms with Crippen LogP contribution in [0.3, 0.4) is 0 Å². The second-order valence-electron chi connectivity index (χ2n) is 6.41. The normalized spacial score (nSPS) is 30.7. The molecular weight excluding hydrogens is 222 g/mol. The molecule has 0 aliphatic heterocycles. The predicted octanol–water partition coefficient (Wildman–Crippen LogP) is 4.14. The zero-order chi connectivity index (χ0) is 13.6. The molecule has 0 saturated heterocycles. The molecular formula is C16H33NO. The topological polar surface area (TPSA) is 21.3 Å². The average Bonchev–Trinajstić information content (AvgIpc) is 2.37. The minimum Gasteiger partial charge on any atom is -0.371 e. The second kappa shape index (κ2) is 7.49. The van der Waals surface area contributed by atoms with Gasteiger partial charge in [-0.3, -0.25) is 0 Å². The van der Waals surface area contributed by atoms with Crippen molar-refractivity contribution in [3.63, 3.8) is 0 Å². The van der Waals surface area contributed by atoms with Gasteiger partial charge in [-0.1, -0.05) is 34.1 Å². The molecule has 0 amide bonds. The number of nitrogens with one attached hydrogen (secondary N) is 1. The zero-order valence-corrected chi connectivity index (χ0v) is 13.1. The van der Waals surface area contributed by atoms with Gasteiger partial charge < -0.3 is 10.1 Å². The van der Waals surface area contributed by atoms with Crippen LogP contribution in [-0.2, 0) is 4.74 Å². The van der Waals surface area contributed by atoms with Gasteiger partial charge in [0, 0.05) is 12.6 Å². The van der Waals surface area contributed by atoms with Crippen molar-refractivity contribution in [2.75, 3.05) is 6.54 Å². The van der Waals surface area contributed by atoms with Crippen molar-refractivity contribution in [1.82, 2.24) is 5.32 Å². The van der Waals surface area contributed by atoms with Gasteiger partial charge in [0.05, 0.1) is 11.7 Å². The maximum Gasteiger partial charge on any atom is 0.0810 e. The summed E-state index contributed by atoms with van der Waals surface area (Å²) < 4.78 is 6.41. The molecule has 1 rings (SSSR count). The lowest BCUT2D eigenvalue weighted by Gasteiger charge is -2.42. The van der Waals surface area contributed by atoms with Gasteiger partial charge in [0.1, 0.15) is 0 Å². The summed E-state index contributed by atoms with van der Waals surface area (Å²) in [6.45, 7) is 12.2. The molecule has 0 aromatic heterocycles. The lowest BCUT2D eigenvalue weighted by Crippen LogP contribution is -2.49. The van der Waals surface area contributed by atoms with Gasteiger partial charge in [0.15, 0.2) is 0 Å². The number of ether oxygens (including phenoxy) is 1. The quantitative estimate of drug-likeness (QED) is 0.738. The van der Waals surface area contributed by atoms with Crippen LogP contribution in [0, 0.1) is 5.92 Å². The highest BCUT2D eigenvalue weighted by atomic mass is 16.5. The summed E-state index contributed by atoms with van der Waals surface area (Å²) in [5.74, 6) is 0.928. The van der Waals surface area contributed by atoms with E-state index in [9.17, 15) is 0 Å². The largest absolute Gasteiger partial charge is 0.371 e. The molecule has 2 heteroatoms. The van der Waals surface area contributed by atoms with Gasteiger partial charge >= 0.3 is 0 Å². The van der Waals surface area contributed by atoms with Gasteiger partial charge in [-0.05, 0) is 44.9 Å². The van der Waals surface area contributed by atoms with Crippen molar-refractivity contribution in [1.29, 1.82) is 0 Å². The van der Waals surface area contributed by atoms with Gasteiger partial charge in [-0.15, -0.1) is 0 Å². The fraction of sp³-hybridized carbons (Fsp3) is 1.00. The summed E-state index contributed by atoms with van der Waals surface area (Å²) in [5.41, 5.74) is 0.103. The van der Waals surface area contributed by atoms with Crippen LogP contribution in [-0.4, -0.2) is 24.3 Å². The van der Waals surface area contributed by atoms with Crippen LogP contribution in [0.4, 0.5) is 0 Å². The minimum atomic E-state index is 0.103. The third-order valence-corrected chi connectivity index (χ3v) is 4.45. The Morgan fingerprint density at radius 1 is 1.17 bits per heavy atom. The molecule has 1 aliphatic rings. The molecule has 1 saturated carbocycles. The third kappa shape index (κ3) is 4.89.